The summed E-state index contributed by atoms with van der Waals surface area (Å²) in [5, 5.41) is 8.88. The van der Waals surface area contributed by atoms with Crippen LogP contribution in [0, 0.1) is 11.8 Å². The van der Waals surface area contributed by atoms with Crippen molar-refractivity contribution in [2.75, 3.05) is 0 Å². The number of aliphatic carboxylic acids is 1. The summed E-state index contributed by atoms with van der Waals surface area (Å²) in [5.41, 5.74) is -0.961. The number of carbonyl (C=O) groups is 3. The number of hydrogen-bond donors (Lipinski definition) is 1. The molecule has 0 aromatic carbocycles. The van der Waals surface area contributed by atoms with E-state index in [4.69, 9.17) is 5.11 Å². The van der Waals surface area contributed by atoms with Crippen molar-refractivity contribution in [2.24, 2.45) is 11.8 Å². The highest BCUT2D eigenvalue weighted by molar-refractivity contribution is 6.06. The van der Waals surface area contributed by atoms with Crippen LogP contribution >= 0.6 is 0 Å². The van der Waals surface area contributed by atoms with E-state index in [0.717, 1.165) is 0 Å². The van der Waals surface area contributed by atoms with Crippen molar-refractivity contribution < 1.29 is 19.5 Å². The summed E-state index contributed by atoms with van der Waals surface area (Å²) in [7, 11) is 0. The van der Waals surface area contributed by atoms with Gasteiger partial charge in [0.2, 0.25) is 11.8 Å². The van der Waals surface area contributed by atoms with Gasteiger partial charge in [0.25, 0.3) is 0 Å². The summed E-state index contributed by atoms with van der Waals surface area (Å²) < 4.78 is 0. The zero-order valence-corrected chi connectivity index (χ0v) is 10.5. The highest BCUT2D eigenvalue weighted by atomic mass is 16.4. The third-order valence-corrected chi connectivity index (χ3v) is 3.70. The molecular weight excluding hydrogens is 234 g/mol. The predicted octanol–water partition coefficient (Wildman–Crippen LogP) is 1.19. The van der Waals surface area contributed by atoms with Crippen LogP contribution < -0.4 is 0 Å². The largest absolute Gasteiger partial charge is 0.481 e. The standard InChI is InChI=1S/C13H17NO4/c1-13(2,7-10(15)16)14-11(17)8-5-3-4-6-9(8)12(14)18/h3-4,8-9H,5-7H2,1-2H3,(H,15,16)/t8-,9+. The van der Waals surface area contributed by atoms with Crippen molar-refractivity contribution in [2.45, 2.75) is 38.6 Å². The summed E-state index contributed by atoms with van der Waals surface area (Å²) in [6.07, 6.45) is 4.77. The molecule has 2 atom stereocenters. The fraction of sp³-hybridized carbons (Fsp3) is 0.615. The second-order valence-corrected chi connectivity index (χ2v) is 5.55. The van der Waals surface area contributed by atoms with Gasteiger partial charge >= 0.3 is 5.97 Å². The molecule has 0 radical (unpaired) electrons. The van der Waals surface area contributed by atoms with E-state index in [1.807, 2.05) is 12.2 Å². The molecule has 18 heavy (non-hydrogen) atoms. The van der Waals surface area contributed by atoms with E-state index in [9.17, 15) is 14.4 Å². The van der Waals surface area contributed by atoms with Crippen LogP contribution in [0.2, 0.25) is 0 Å². The molecule has 1 saturated heterocycles. The maximum atomic E-state index is 12.3. The Hall–Kier alpha value is -1.65. The van der Waals surface area contributed by atoms with E-state index >= 15 is 0 Å². The third-order valence-electron chi connectivity index (χ3n) is 3.70. The number of amides is 2. The molecule has 2 rings (SSSR count). The zero-order valence-electron chi connectivity index (χ0n) is 10.5. The van der Waals surface area contributed by atoms with Crippen LogP contribution in [0.15, 0.2) is 12.2 Å². The average molecular weight is 251 g/mol. The minimum atomic E-state index is -1.01. The minimum absolute atomic E-state index is 0.222. The first kappa shape index (κ1) is 12.8. The molecule has 0 unspecified atom stereocenters. The van der Waals surface area contributed by atoms with Crippen molar-refractivity contribution in [1.29, 1.82) is 0 Å². The van der Waals surface area contributed by atoms with Gasteiger partial charge in [0.15, 0.2) is 0 Å². The first-order valence-electron chi connectivity index (χ1n) is 6.09. The molecule has 0 saturated carbocycles. The fourth-order valence-electron chi connectivity index (χ4n) is 2.85. The monoisotopic (exact) mass is 251 g/mol. The Bertz CT molecular complexity index is 412. The molecule has 2 amide bonds. The third kappa shape index (κ3) is 1.94. The summed E-state index contributed by atoms with van der Waals surface area (Å²) in [4.78, 5) is 36.5. The smallest absolute Gasteiger partial charge is 0.305 e. The van der Waals surface area contributed by atoms with Gasteiger partial charge in [-0.15, -0.1) is 0 Å². The van der Waals surface area contributed by atoms with Gasteiger partial charge in [0, 0.05) is 0 Å². The van der Waals surface area contributed by atoms with Gasteiger partial charge < -0.3 is 5.11 Å². The Morgan fingerprint density at radius 2 is 1.72 bits per heavy atom. The van der Waals surface area contributed by atoms with E-state index in [1.165, 1.54) is 4.90 Å². The Morgan fingerprint density at radius 1 is 1.28 bits per heavy atom. The maximum Gasteiger partial charge on any atom is 0.305 e. The number of carboxylic acid groups (broad SMARTS) is 1. The average Bonchev–Trinajstić information content (AvgIpc) is 2.51. The Kier molecular flexibility index (Phi) is 3.00. The van der Waals surface area contributed by atoms with E-state index in [2.05, 4.69) is 0 Å². The zero-order chi connectivity index (χ0) is 13.5. The molecule has 1 aliphatic heterocycles. The van der Waals surface area contributed by atoms with E-state index in [0.29, 0.717) is 12.8 Å². The predicted molar refractivity (Wildman–Crippen MR) is 63.5 cm³/mol. The maximum absolute atomic E-state index is 12.3. The Morgan fingerprint density at radius 3 is 2.11 bits per heavy atom. The Balaban J connectivity index is 2.27. The lowest BCUT2D eigenvalue weighted by atomic mass is 9.85. The molecule has 1 heterocycles. The SMILES string of the molecule is CC(C)(CC(=O)O)N1C(=O)[C@H]2CC=CC[C@H]2C1=O. The number of likely N-dealkylation sites (tertiary alicyclic amines) is 1. The summed E-state index contributed by atoms with van der Waals surface area (Å²) in [6, 6.07) is 0. The van der Waals surface area contributed by atoms with Crippen molar-refractivity contribution >= 4 is 17.8 Å². The van der Waals surface area contributed by atoms with Gasteiger partial charge in [-0.05, 0) is 26.7 Å². The molecule has 0 aromatic heterocycles. The number of rotatable bonds is 3. The minimum Gasteiger partial charge on any atom is -0.481 e. The van der Waals surface area contributed by atoms with Gasteiger partial charge in [-0.1, -0.05) is 12.2 Å². The molecule has 2 aliphatic rings. The lowest BCUT2D eigenvalue weighted by Gasteiger charge is -2.32. The number of imide groups is 1. The number of nitrogens with zero attached hydrogens (tertiary/aromatic N) is 1. The second-order valence-electron chi connectivity index (χ2n) is 5.55. The molecule has 1 N–H and O–H groups in total. The fourth-order valence-corrected chi connectivity index (χ4v) is 2.85. The van der Waals surface area contributed by atoms with E-state index in [-0.39, 0.29) is 30.1 Å². The van der Waals surface area contributed by atoms with Gasteiger partial charge in [-0.25, -0.2) is 0 Å². The Labute approximate surface area is 105 Å². The first-order valence-corrected chi connectivity index (χ1v) is 6.09. The van der Waals surface area contributed by atoms with Crippen LogP contribution in [-0.4, -0.2) is 33.3 Å². The van der Waals surface area contributed by atoms with Crippen molar-refractivity contribution in [3.63, 3.8) is 0 Å². The van der Waals surface area contributed by atoms with Crippen LogP contribution in [-0.2, 0) is 14.4 Å². The highest BCUT2D eigenvalue weighted by Crippen LogP contribution is 2.39. The first-order chi connectivity index (χ1) is 8.34. The van der Waals surface area contributed by atoms with Crippen molar-refractivity contribution in [3.05, 3.63) is 12.2 Å². The van der Waals surface area contributed by atoms with Crippen LogP contribution in [0.4, 0.5) is 0 Å². The van der Waals surface area contributed by atoms with Gasteiger partial charge in [-0.2, -0.15) is 0 Å². The molecule has 1 fully saturated rings. The number of allylic oxidation sites excluding steroid dienone is 2. The van der Waals surface area contributed by atoms with Crippen LogP contribution in [0.3, 0.4) is 0 Å². The number of fused-ring (bicyclic) bond motifs is 1. The van der Waals surface area contributed by atoms with Crippen molar-refractivity contribution in [3.8, 4) is 0 Å². The summed E-state index contributed by atoms with van der Waals surface area (Å²) in [5.74, 6) is -2.04. The number of carbonyl (C=O) groups excluding carboxylic acids is 2. The highest BCUT2D eigenvalue weighted by Gasteiger charge is 2.52. The molecule has 0 aromatic rings. The second kappa shape index (κ2) is 4.23. The number of hydrogen-bond acceptors (Lipinski definition) is 3. The summed E-state index contributed by atoms with van der Waals surface area (Å²) in [6.45, 7) is 3.25. The van der Waals surface area contributed by atoms with Crippen LogP contribution in [0.1, 0.15) is 33.1 Å². The lowest BCUT2D eigenvalue weighted by molar-refractivity contribution is -0.149. The van der Waals surface area contributed by atoms with Crippen molar-refractivity contribution in [1.82, 2.24) is 4.90 Å². The normalized spacial score (nSPS) is 27.6. The molecule has 5 heteroatoms. The molecule has 0 spiro atoms. The van der Waals surface area contributed by atoms with Gasteiger partial charge in [0.1, 0.15) is 0 Å². The summed E-state index contributed by atoms with van der Waals surface area (Å²) >= 11 is 0. The number of carboxylic acids is 1. The lowest BCUT2D eigenvalue weighted by Crippen LogP contribution is -2.49. The van der Waals surface area contributed by atoms with Crippen LogP contribution in [0.25, 0.3) is 0 Å². The topological polar surface area (TPSA) is 74.7 Å². The quantitative estimate of drug-likeness (QED) is 0.604. The van der Waals surface area contributed by atoms with Gasteiger partial charge in [-0.3, -0.25) is 19.3 Å². The molecular formula is C13H17NO4. The molecule has 0 bridgehead atoms. The molecule has 98 valence electrons. The van der Waals surface area contributed by atoms with E-state index < -0.39 is 11.5 Å². The van der Waals surface area contributed by atoms with Gasteiger partial charge in [0.05, 0.1) is 23.8 Å². The molecule has 5 nitrogen and oxygen atoms in total. The molecule has 1 aliphatic carbocycles. The van der Waals surface area contributed by atoms with Crippen LogP contribution in [0.5, 0.6) is 0 Å². The van der Waals surface area contributed by atoms with E-state index in [1.54, 1.807) is 13.8 Å².